The summed E-state index contributed by atoms with van der Waals surface area (Å²) in [6, 6.07) is 10.1. The molecule has 1 aromatic carbocycles. The van der Waals surface area contributed by atoms with Crippen LogP contribution in [-0.4, -0.2) is 21.0 Å². The molecule has 2 heterocycles. The van der Waals surface area contributed by atoms with E-state index in [1.165, 1.54) is 12.3 Å². The van der Waals surface area contributed by atoms with Gasteiger partial charge in [0.15, 0.2) is 0 Å². The van der Waals surface area contributed by atoms with Gasteiger partial charge in [-0.3, -0.25) is 4.98 Å². The lowest BCUT2D eigenvalue weighted by molar-refractivity contribution is -0.141. The summed E-state index contributed by atoms with van der Waals surface area (Å²) in [5.41, 5.74) is 0.495. The molecule has 0 spiro atoms. The van der Waals surface area contributed by atoms with Crippen LogP contribution in [0.5, 0.6) is 0 Å². The minimum absolute atomic E-state index is 0.170. The highest BCUT2D eigenvalue weighted by Crippen LogP contribution is 2.27. The number of rotatable bonds is 5. The Bertz CT molecular complexity index is 891. The standard InChI is InChI=1S/C18H18F3N5/c1-11(2)24-17-25-14-6-4-3-5-13(14)16(26-17)23-10-12-7-8-15(22-9-12)18(19,20)21/h3-9,11H,10H2,1-2H3,(H2,23,24,25,26). The zero-order valence-electron chi connectivity index (χ0n) is 14.3. The molecule has 5 nitrogen and oxygen atoms in total. The summed E-state index contributed by atoms with van der Waals surface area (Å²) in [4.78, 5) is 12.4. The maximum atomic E-state index is 12.6. The average molecular weight is 361 g/mol. The summed E-state index contributed by atoms with van der Waals surface area (Å²) in [5.74, 6) is 1.10. The van der Waals surface area contributed by atoms with Gasteiger partial charge in [0.05, 0.1) is 5.52 Å². The second-order valence-electron chi connectivity index (χ2n) is 6.12. The molecule has 0 unspecified atom stereocenters. The topological polar surface area (TPSA) is 62.7 Å². The van der Waals surface area contributed by atoms with Crippen LogP contribution in [0.1, 0.15) is 25.1 Å². The number of halogens is 3. The van der Waals surface area contributed by atoms with Crippen LogP contribution in [0.15, 0.2) is 42.6 Å². The van der Waals surface area contributed by atoms with Gasteiger partial charge >= 0.3 is 6.18 Å². The number of para-hydroxylation sites is 1. The lowest BCUT2D eigenvalue weighted by Gasteiger charge is -2.13. The first-order valence-corrected chi connectivity index (χ1v) is 8.12. The number of anilines is 2. The molecule has 0 saturated heterocycles. The molecule has 0 bridgehead atoms. The predicted molar refractivity (Wildman–Crippen MR) is 94.9 cm³/mol. The molecule has 0 atom stereocenters. The van der Waals surface area contributed by atoms with Gasteiger partial charge in [-0.05, 0) is 37.6 Å². The van der Waals surface area contributed by atoms with Crippen LogP contribution in [0.25, 0.3) is 10.9 Å². The Morgan fingerprint density at radius 3 is 2.46 bits per heavy atom. The van der Waals surface area contributed by atoms with E-state index in [4.69, 9.17) is 0 Å². The van der Waals surface area contributed by atoms with Crippen molar-refractivity contribution in [3.63, 3.8) is 0 Å². The number of aromatic nitrogens is 3. The van der Waals surface area contributed by atoms with Crippen molar-refractivity contribution in [1.82, 2.24) is 15.0 Å². The molecule has 0 radical (unpaired) electrons. The first-order chi connectivity index (χ1) is 12.3. The van der Waals surface area contributed by atoms with Crippen LogP contribution >= 0.6 is 0 Å². The predicted octanol–water partition coefficient (Wildman–Crippen LogP) is 4.48. The van der Waals surface area contributed by atoms with E-state index in [0.29, 0.717) is 23.9 Å². The van der Waals surface area contributed by atoms with Crippen molar-refractivity contribution in [2.75, 3.05) is 10.6 Å². The van der Waals surface area contributed by atoms with Crippen LogP contribution in [-0.2, 0) is 12.7 Å². The lowest BCUT2D eigenvalue weighted by Crippen LogP contribution is -2.14. The maximum Gasteiger partial charge on any atom is 0.433 e. The van der Waals surface area contributed by atoms with E-state index < -0.39 is 11.9 Å². The van der Waals surface area contributed by atoms with Crippen molar-refractivity contribution in [3.05, 3.63) is 53.9 Å². The molecule has 2 N–H and O–H groups in total. The zero-order valence-corrected chi connectivity index (χ0v) is 14.3. The summed E-state index contributed by atoms with van der Waals surface area (Å²) in [6.45, 7) is 4.27. The first kappa shape index (κ1) is 17.9. The summed E-state index contributed by atoms with van der Waals surface area (Å²) in [5, 5.41) is 7.16. The maximum absolute atomic E-state index is 12.6. The SMILES string of the molecule is CC(C)Nc1nc(NCc2ccc(C(F)(F)F)nc2)c2ccccc2n1. The minimum atomic E-state index is -4.44. The fourth-order valence-corrected chi connectivity index (χ4v) is 2.42. The third-order valence-corrected chi connectivity index (χ3v) is 3.60. The summed E-state index contributed by atoms with van der Waals surface area (Å²) >= 11 is 0. The van der Waals surface area contributed by atoms with Crippen molar-refractivity contribution >= 4 is 22.7 Å². The third kappa shape index (κ3) is 4.19. The molecule has 3 aromatic rings. The highest BCUT2D eigenvalue weighted by Gasteiger charge is 2.31. The second kappa shape index (κ2) is 7.15. The largest absolute Gasteiger partial charge is 0.433 e. The van der Waals surface area contributed by atoms with E-state index >= 15 is 0 Å². The number of benzene rings is 1. The highest BCUT2D eigenvalue weighted by molar-refractivity contribution is 5.90. The smallest absolute Gasteiger partial charge is 0.365 e. The second-order valence-corrected chi connectivity index (χ2v) is 6.12. The van der Waals surface area contributed by atoms with Crippen LogP contribution < -0.4 is 10.6 Å². The normalized spacial score (nSPS) is 11.8. The number of fused-ring (bicyclic) bond motifs is 1. The third-order valence-electron chi connectivity index (χ3n) is 3.60. The molecule has 0 aliphatic heterocycles. The van der Waals surface area contributed by atoms with E-state index in [9.17, 15) is 13.2 Å². The number of pyridine rings is 1. The molecular formula is C18H18F3N5. The van der Waals surface area contributed by atoms with E-state index in [-0.39, 0.29) is 6.04 Å². The van der Waals surface area contributed by atoms with Crippen molar-refractivity contribution in [3.8, 4) is 0 Å². The van der Waals surface area contributed by atoms with E-state index in [0.717, 1.165) is 17.0 Å². The molecular weight excluding hydrogens is 343 g/mol. The Balaban J connectivity index is 1.83. The Hall–Kier alpha value is -2.90. The zero-order chi connectivity index (χ0) is 18.7. The lowest BCUT2D eigenvalue weighted by atomic mass is 10.2. The Morgan fingerprint density at radius 2 is 1.81 bits per heavy atom. The van der Waals surface area contributed by atoms with Crippen LogP contribution in [0, 0.1) is 0 Å². The number of nitrogens with one attached hydrogen (secondary N) is 2. The van der Waals surface area contributed by atoms with Gasteiger partial charge < -0.3 is 10.6 Å². The monoisotopic (exact) mass is 361 g/mol. The van der Waals surface area contributed by atoms with E-state index in [2.05, 4.69) is 25.6 Å². The Labute approximate surface area is 148 Å². The molecule has 0 aliphatic rings. The van der Waals surface area contributed by atoms with Gasteiger partial charge in [-0.2, -0.15) is 18.2 Å². The minimum Gasteiger partial charge on any atom is -0.365 e. The van der Waals surface area contributed by atoms with Crippen molar-refractivity contribution < 1.29 is 13.2 Å². The Morgan fingerprint density at radius 1 is 1.04 bits per heavy atom. The average Bonchev–Trinajstić information content (AvgIpc) is 2.58. The van der Waals surface area contributed by atoms with Crippen LogP contribution in [0.4, 0.5) is 24.9 Å². The van der Waals surface area contributed by atoms with Crippen molar-refractivity contribution in [2.24, 2.45) is 0 Å². The quantitative estimate of drug-likeness (QED) is 0.702. The first-order valence-electron chi connectivity index (χ1n) is 8.12. The van der Waals surface area contributed by atoms with E-state index in [1.54, 1.807) is 0 Å². The van der Waals surface area contributed by atoms with Crippen molar-refractivity contribution in [2.45, 2.75) is 32.6 Å². The van der Waals surface area contributed by atoms with Crippen molar-refractivity contribution in [1.29, 1.82) is 0 Å². The molecule has 8 heteroatoms. The summed E-state index contributed by atoms with van der Waals surface area (Å²) in [6.07, 6.45) is -3.22. The van der Waals surface area contributed by atoms with Gasteiger partial charge in [-0.25, -0.2) is 4.98 Å². The molecule has 0 saturated carbocycles. The van der Waals surface area contributed by atoms with Gasteiger partial charge in [0.1, 0.15) is 11.5 Å². The number of nitrogens with zero attached hydrogens (tertiary/aromatic N) is 3. The highest BCUT2D eigenvalue weighted by atomic mass is 19.4. The van der Waals surface area contributed by atoms with Gasteiger partial charge in [0.25, 0.3) is 0 Å². The summed E-state index contributed by atoms with van der Waals surface area (Å²) < 4.78 is 37.8. The summed E-state index contributed by atoms with van der Waals surface area (Å²) in [7, 11) is 0. The van der Waals surface area contributed by atoms with Crippen LogP contribution in [0.3, 0.4) is 0 Å². The number of hydrogen-bond acceptors (Lipinski definition) is 5. The van der Waals surface area contributed by atoms with Crippen LogP contribution in [0.2, 0.25) is 0 Å². The molecule has 0 amide bonds. The fraction of sp³-hybridized carbons (Fsp3) is 0.278. The number of alkyl halides is 3. The van der Waals surface area contributed by atoms with E-state index in [1.807, 2.05) is 38.1 Å². The fourth-order valence-electron chi connectivity index (χ4n) is 2.42. The van der Waals surface area contributed by atoms with Gasteiger partial charge in [0, 0.05) is 24.2 Å². The molecule has 136 valence electrons. The molecule has 26 heavy (non-hydrogen) atoms. The molecule has 0 aliphatic carbocycles. The van der Waals surface area contributed by atoms with Gasteiger partial charge in [-0.1, -0.05) is 18.2 Å². The molecule has 2 aromatic heterocycles. The molecule has 0 fully saturated rings. The van der Waals surface area contributed by atoms with Gasteiger partial charge in [0.2, 0.25) is 5.95 Å². The Kier molecular flexibility index (Phi) is 4.92. The number of hydrogen-bond donors (Lipinski definition) is 2. The molecule has 3 rings (SSSR count). The van der Waals surface area contributed by atoms with Gasteiger partial charge in [-0.15, -0.1) is 0 Å².